The molecule has 0 bridgehead atoms. The highest BCUT2D eigenvalue weighted by Crippen LogP contribution is 2.20. The zero-order valence-corrected chi connectivity index (χ0v) is 13.1. The molecule has 2 rings (SSSR count). The van der Waals surface area contributed by atoms with E-state index in [2.05, 4.69) is 4.98 Å². The van der Waals surface area contributed by atoms with E-state index in [4.69, 9.17) is 5.11 Å². The number of aromatic nitrogens is 1. The molecule has 0 unspecified atom stereocenters. The van der Waals surface area contributed by atoms with Crippen LogP contribution in [-0.4, -0.2) is 40.5 Å². The third-order valence-corrected chi connectivity index (χ3v) is 4.42. The summed E-state index contributed by atoms with van der Waals surface area (Å²) in [5, 5.41) is 11.1. The van der Waals surface area contributed by atoms with Crippen LogP contribution < -0.4 is 0 Å². The van der Waals surface area contributed by atoms with E-state index in [9.17, 15) is 9.59 Å². The first-order valence-electron chi connectivity index (χ1n) is 6.62. The van der Waals surface area contributed by atoms with Crippen LogP contribution >= 0.6 is 11.3 Å². The molecule has 2 N–H and O–H groups in total. The molecule has 0 spiro atoms. The SMILES string of the molecule is Cc1[nH]c(C(=O)O)c(C)c1C(=O)N(C)CCc1cccs1. The number of hydrogen-bond donors (Lipinski definition) is 2. The lowest BCUT2D eigenvalue weighted by atomic mass is 10.1. The van der Waals surface area contributed by atoms with Crippen molar-refractivity contribution in [3.8, 4) is 0 Å². The summed E-state index contributed by atoms with van der Waals surface area (Å²) in [5.41, 5.74) is 1.63. The van der Waals surface area contributed by atoms with Gasteiger partial charge < -0.3 is 15.0 Å². The largest absolute Gasteiger partial charge is 0.477 e. The highest BCUT2D eigenvalue weighted by atomic mass is 32.1. The van der Waals surface area contributed by atoms with E-state index >= 15 is 0 Å². The second kappa shape index (κ2) is 6.13. The Kier molecular flexibility index (Phi) is 4.47. The maximum Gasteiger partial charge on any atom is 0.352 e. The number of hydrogen-bond acceptors (Lipinski definition) is 3. The number of aromatic amines is 1. The zero-order valence-electron chi connectivity index (χ0n) is 12.3. The topological polar surface area (TPSA) is 73.4 Å². The van der Waals surface area contributed by atoms with E-state index < -0.39 is 5.97 Å². The first-order chi connectivity index (χ1) is 9.91. The molecule has 2 aromatic rings. The summed E-state index contributed by atoms with van der Waals surface area (Å²) >= 11 is 1.66. The van der Waals surface area contributed by atoms with Crippen LogP contribution in [0.15, 0.2) is 17.5 Å². The minimum Gasteiger partial charge on any atom is -0.477 e. The fourth-order valence-electron chi connectivity index (χ4n) is 2.31. The molecule has 2 heterocycles. The number of thiophene rings is 1. The Morgan fingerprint density at radius 2 is 2.10 bits per heavy atom. The van der Waals surface area contributed by atoms with Crippen molar-refractivity contribution in [2.75, 3.05) is 13.6 Å². The van der Waals surface area contributed by atoms with E-state index in [1.165, 1.54) is 4.88 Å². The van der Waals surface area contributed by atoms with Gasteiger partial charge in [0.15, 0.2) is 0 Å². The lowest BCUT2D eigenvalue weighted by molar-refractivity contribution is 0.0690. The van der Waals surface area contributed by atoms with Crippen LogP contribution in [0.25, 0.3) is 0 Å². The number of carbonyl (C=O) groups excluding carboxylic acids is 1. The highest BCUT2D eigenvalue weighted by Gasteiger charge is 2.23. The van der Waals surface area contributed by atoms with Crippen LogP contribution in [0.2, 0.25) is 0 Å². The average Bonchev–Trinajstić information content (AvgIpc) is 3.03. The van der Waals surface area contributed by atoms with Crippen molar-refractivity contribution >= 4 is 23.2 Å². The molecule has 1 amide bonds. The summed E-state index contributed by atoms with van der Waals surface area (Å²) in [5.74, 6) is -1.19. The Morgan fingerprint density at radius 1 is 1.38 bits per heavy atom. The van der Waals surface area contributed by atoms with E-state index in [1.807, 2.05) is 17.5 Å². The fourth-order valence-corrected chi connectivity index (χ4v) is 3.01. The van der Waals surface area contributed by atoms with Gasteiger partial charge in [0.25, 0.3) is 5.91 Å². The highest BCUT2D eigenvalue weighted by molar-refractivity contribution is 7.09. The molecule has 6 heteroatoms. The fraction of sp³-hybridized carbons (Fsp3) is 0.333. The molecular weight excluding hydrogens is 288 g/mol. The van der Waals surface area contributed by atoms with Crippen molar-refractivity contribution in [3.05, 3.63) is 44.9 Å². The molecule has 0 aliphatic rings. The predicted octanol–water partition coefficient (Wildman–Crippen LogP) is 2.71. The molecule has 0 radical (unpaired) electrons. The van der Waals surface area contributed by atoms with Gasteiger partial charge in [0.1, 0.15) is 5.69 Å². The molecule has 5 nitrogen and oxygen atoms in total. The third kappa shape index (κ3) is 3.16. The Hall–Kier alpha value is -2.08. The Balaban J connectivity index is 2.14. The average molecular weight is 306 g/mol. The van der Waals surface area contributed by atoms with Crippen LogP contribution in [0.3, 0.4) is 0 Å². The molecular formula is C15H18N2O3S. The minimum absolute atomic E-state index is 0.0857. The molecule has 21 heavy (non-hydrogen) atoms. The van der Waals surface area contributed by atoms with Gasteiger partial charge in [0.2, 0.25) is 0 Å². The third-order valence-electron chi connectivity index (χ3n) is 3.49. The summed E-state index contributed by atoms with van der Waals surface area (Å²) in [6.45, 7) is 3.99. The summed E-state index contributed by atoms with van der Waals surface area (Å²) < 4.78 is 0. The zero-order chi connectivity index (χ0) is 15.6. The smallest absolute Gasteiger partial charge is 0.352 e. The predicted molar refractivity (Wildman–Crippen MR) is 82.2 cm³/mol. The molecule has 0 saturated heterocycles. The number of carboxylic acid groups (broad SMARTS) is 1. The molecule has 0 aliphatic heterocycles. The Morgan fingerprint density at radius 3 is 2.62 bits per heavy atom. The number of nitrogens with one attached hydrogen (secondary N) is 1. The van der Waals surface area contributed by atoms with Gasteiger partial charge in [-0.25, -0.2) is 4.79 Å². The molecule has 0 atom stereocenters. The van der Waals surface area contributed by atoms with Crippen molar-refractivity contribution in [1.82, 2.24) is 9.88 Å². The second-order valence-corrected chi connectivity index (χ2v) is 6.02. The van der Waals surface area contributed by atoms with E-state index in [0.717, 1.165) is 6.42 Å². The summed E-state index contributed by atoms with van der Waals surface area (Å²) in [7, 11) is 1.74. The van der Waals surface area contributed by atoms with Gasteiger partial charge >= 0.3 is 5.97 Å². The van der Waals surface area contributed by atoms with Crippen molar-refractivity contribution in [1.29, 1.82) is 0 Å². The Bertz CT molecular complexity index is 659. The number of nitrogens with zero attached hydrogens (tertiary/aromatic N) is 1. The minimum atomic E-state index is -1.05. The number of H-pyrrole nitrogens is 1. The van der Waals surface area contributed by atoms with Crippen LogP contribution in [-0.2, 0) is 6.42 Å². The Labute approximate surface area is 127 Å². The summed E-state index contributed by atoms with van der Waals surface area (Å²) in [4.78, 5) is 29.2. The number of carbonyl (C=O) groups is 2. The monoisotopic (exact) mass is 306 g/mol. The molecule has 2 aromatic heterocycles. The molecule has 0 saturated carbocycles. The van der Waals surface area contributed by atoms with Gasteiger partial charge in [0, 0.05) is 24.2 Å². The van der Waals surface area contributed by atoms with Gasteiger partial charge in [-0.05, 0) is 37.3 Å². The number of likely N-dealkylation sites (N-methyl/N-ethyl adjacent to an activating group) is 1. The van der Waals surface area contributed by atoms with Gasteiger partial charge in [0.05, 0.1) is 5.56 Å². The van der Waals surface area contributed by atoms with Crippen molar-refractivity contribution < 1.29 is 14.7 Å². The summed E-state index contributed by atoms with van der Waals surface area (Å²) in [6, 6.07) is 4.03. The number of aromatic carboxylic acids is 1. The number of amides is 1. The standard InChI is InChI=1S/C15H18N2O3S/c1-9-12(10(2)16-13(9)15(19)20)14(18)17(3)7-6-11-5-4-8-21-11/h4-5,8,16H,6-7H2,1-3H3,(H,19,20). The van der Waals surface area contributed by atoms with Crippen molar-refractivity contribution in [2.45, 2.75) is 20.3 Å². The first kappa shape index (κ1) is 15.3. The lowest BCUT2D eigenvalue weighted by Crippen LogP contribution is -2.29. The van der Waals surface area contributed by atoms with Crippen molar-refractivity contribution in [3.63, 3.8) is 0 Å². The van der Waals surface area contributed by atoms with Gasteiger partial charge in [-0.3, -0.25) is 4.79 Å². The van der Waals surface area contributed by atoms with Crippen molar-refractivity contribution in [2.24, 2.45) is 0 Å². The van der Waals surface area contributed by atoms with Gasteiger partial charge in [-0.1, -0.05) is 6.07 Å². The number of aryl methyl sites for hydroxylation is 1. The molecule has 112 valence electrons. The number of rotatable bonds is 5. The van der Waals surface area contributed by atoms with Crippen LogP contribution in [0.1, 0.15) is 37.0 Å². The van der Waals surface area contributed by atoms with Crippen LogP contribution in [0.4, 0.5) is 0 Å². The van der Waals surface area contributed by atoms with Gasteiger partial charge in [-0.15, -0.1) is 11.3 Å². The van der Waals surface area contributed by atoms with Crippen LogP contribution in [0, 0.1) is 13.8 Å². The van der Waals surface area contributed by atoms with Gasteiger partial charge in [-0.2, -0.15) is 0 Å². The van der Waals surface area contributed by atoms with E-state index in [1.54, 1.807) is 37.1 Å². The molecule has 0 aliphatic carbocycles. The number of carboxylic acids is 1. The first-order valence-corrected chi connectivity index (χ1v) is 7.50. The van der Waals surface area contributed by atoms with E-state index in [0.29, 0.717) is 23.4 Å². The lowest BCUT2D eigenvalue weighted by Gasteiger charge is -2.17. The normalized spacial score (nSPS) is 10.6. The maximum atomic E-state index is 12.5. The van der Waals surface area contributed by atoms with E-state index in [-0.39, 0.29) is 11.6 Å². The maximum absolute atomic E-state index is 12.5. The summed E-state index contributed by atoms with van der Waals surface area (Å²) in [6.07, 6.45) is 0.800. The second-order valence-electron chi connectivity index (χ2n) is 4.99. The molecule has 0 fully saturated rings. The quantitative estimate of drug-likeness (QED) is 0.892. The van der Waals surface area contributed by atoms with Crippen LogP contribution in [0.5, 0.6) is 0 Å². The molecule has 0 aromatic carbocycles.